The number of pyridine rings is 1. The summed E-state index contributed by atoms with van der Waals surface area (Å²) >= 11 is 3.37. The largest absolute Gasteiger partial charge is 0.354 e. The SMILES string of the molecule is CCS(=O)(=O)C1CN(c2cc(Br)ccn2)C1. The molecule has 0 unspecified atom stereocenters. The van der Waals surface area contributed by atoms with Crippen LogP contribution in [0.15, 0.2) is 22.8 Å². The predicted molar refractivity (Wildman–Crippen MR) is 67.4 cm³/mol. The van der Waals surface area contributed by atoms with Crippen molar-refractivity contribution in [2.24, 2.45) is 0 Å². The molecule has 1 aromatic rings. The molecule has 6 heteroatoms. The van der Waals surface area contributed by atoms with Crippen LogP contribution in [0.2, 0.25) is 0 Å². The van der Waals surface area contributed by atoms with Crippen LogP contribution in [0.25, 0.3) is 0 Å². The minimum atomic E-state index is -2.89. The fourth-order valence-corrected chi connectivity index (χ4v) is 3.26. The molecule has 1 fully saturated rings. The fourth-order valence-electron chi connectivity index (χ4n) is 1.65. The molecule has 2 heterocycles. The first-order valence-corrected chi connectivity index (χ1v) is 7.62. The molecule has 2 rings (SSSR count). The quantitative estimate of drug-likeness (QED) is 0.848. The van der Waals surface area contributed by atoms with Gasteiger partial charge in [0.1, 0.15) is 5.82 Å². The molecule has 0 spiro atoms. The van der Waals surface area contributed by atoms with Crippen molar-refractivity contribution in [3.8, 4) is 0 Å². The van der Waals surface area contributed by atoms with E-state index in [0.29, 0.717) is 13.1 Å². The highest BCUT2D eigenvalue weighted by Gasteiger charge is 2.36. The first kappa shape index (κ1) is 11.9. The van der Waals surface area contributed by atoms with Crippen molar-refractivity contribution in [2.45, 2.75) is 12.2 Å². The average Bonchev–Trinajstić information content (AvgIpc) is 2.15. The van der Waals surface area contributed by atoms with E-state index in [1.165, 1.54) is 0 Å². The topological polar surface area (TPSA) is 50.3 Å². The molecule has 88 valence electrons. The Morgan fingerprint density at radius 1 is 1.56 bits per heavy atom. The monoisotopic (exact) mass is 304 g/mol. The molecular weight excluding hydrogens is 292 g/mol. The van der Waals surface area contributed by atoms with Crippen molar-refractivity contribution in [3.63, 3.8) is 0 Å². The number of nitrogens with zero attached hydrogens (tertiary/aromatic N) is 2. The molecule has 1 aromatic heterocycles. The third-order valence-electron chi connectivity index (χ3n) is 2.79. The van der Waals surface area contributed by atoms with Crippen LogP contribution in [0.1, 0.15) is 6.92 Å². The molecule has 1 aliphatic heterocycles. The standard InChI is InChI=1S/C10H13BrN2O2S/c1-2-16(14,15)9-6-13(7-9)10-5-8(11)3-4-12-10/h3-5,9H,2,6-7H2,1H3. The Morgan fingerprint density at radius 2 is 2.25 bits per heavy atom. The Bertz CT molecular complexity index is 483. The number of halogens is 1. The number of aromatic nitrogens is 1. The normalized spacial score (nSPS) is 17.2. The summed E-state index contributed by atoms with van der Waals surface area (Å²) in [5.41, 5.74) is 0. The van der Waals surface area contributed by atoms with E-state index in [1.54, 1.807) is 13.1 Å². The van der Waals surface area contributed by atoms with Crippen LogP contribution in [0, 0.1) is 0 Å². The third kappa shape index (κ3) is 2.22. The van der Waals surface area contributed by atoms with Gasteiger partial charge in [0.15, 0.2) is 9.84 Å². The molecule has 4 nitrogen and oxygen atoms in total. The summed E-state index contributed by atoms with van der Waals surface area (Å²) in [6.45, 7) is 2.80. The molecule has 0 aliphatic carbocycles. The van der Waals surface area contributed by atoms with E-state index in [0.717, 1.165) is 10.3 Å². The number of sulfone groups is 1. The summed E-state index contributed by atoms with van der Waals surface area (Å²) in [6, 6.07) is 3.75. The van der Waals surface area contributed by atoms with E-state index >= 15 is 0 Å². The summed E-state index contributed by atoms with van der Waals surface area (Å²) in [5, 5.41) is -0.224. The van der Waals surface area contributed by atoms with E-state index in [4.69, 9.17) is 0 Å². The molecule has 0 amide bonds. The molecular formula is C10H13BrN2O2S. The Labute approximate surface area is 104 Å². The Balaban J connectivity index is 2.04. The maximum absolute atomic E-state index is 11.6. The second-order valence-electron chi connectivity index (χ2n) is 3.81. The average molecular weight is 305 g/mol. The van der Waals surface area contributed by atoms with Gasteiger partial charge in [0.05, 0.1) is 5.25 Å². The number of rotatable bonds is 3. The van der Waals surface area contributed by atoms with E-state index < -0.39 is 9.84 Å². The highest BCUT2D eigenvalue weighted by Crippen LogP contribution is 2.25. The molecule has 1 saturated heterocycles. The van der Waals surface area contributed by atoms with Crippen molar-refractivity contribution in [1.82, 2.24) is 4.98 Å². The maximum Gasteiger partial charge on any atom is 0.156 e. The first-order chi connectivity index (χ1) is 7.53. The molecule has 0 saturated carbocycles. The third-order valence-corrected chi connectivity index (χ3v) is 5.40. The van der Waals surface area contributed by atoms with Crippen molar-refractivity contribution >= 4 is 31.6 Å². The summed E-state index contributed by atoms with van der Waals surface area (Å²) in [7, 11) is -2.89. The van der Waals surface area contributed by atoms with Crippen LogP contribution in [-0.4, -0.2) is 37.5 Å². The van der Waals surface area contributed by atoms with Crippen LogP contribution in [0.5, 0.6) is 0 Å². The first-order valence-electron chi connectivity index (χ1n) is 5.11. The van der Waals surface area contributed by atoms with Crippen molar-refractivity contribution in [3.05, 3.63) is 22.8 Å². The zero-order valence-electron chi connectivity index (χ0n) is 8.93. The van der Waals surface area contributed by atoms with Gasteiger partial charge in [-0.05, 0) is 12.1 Å². The van der Waals surface area contributed by atoms with E-state index in [2.05, 4.69) is 20.9 Å². The van der Waals surface area contributed by atoms with Gasteiger partial charge in [-0.3, -0.25) is 0 Å². The summed E-state index contributed by atoms with van der Waals surface area (Å²) in [6.07, 6.45) is 1.71. The minimum Gasteiger partial charge on any atom is -0.354 e. The second kappa shape index (κ2) is 4.33. The van der Waals surface area contributed by atoms with E-state index in [9.17, 15) is 8.42 Å². The molecule has 16 heavy (non-hydrogen) atoms. The minimum absolute atomic E-state index is 0.220. The van der Waals surface area contributed by atoms with Crippen LogP contribution in [-0.2, 0) is 9.84 Å². The summed E-state index contributed by atoms with van der Waals surface area (Å²) in [5.74, 6) is 1.05. The smallest absolute Gasteiger partial charge is 0.156 e. The van der Waals surface area contributed by atoms with Gasteiger partial charge in [0.25, 0.3) is 0 Å². The highest BCUT2D eigenvalue weighted by molar-refractivity contribution is 9.10. The lowest BCUT2D eigenvalue weighted by atomic mass is 10.2. The van der Waals surface area contributed by atoms with Gasteiger partial charge in [-0.1, -0.05) is 22.9 Å². The highest BCUT2D eigenvalue weighted by atomic mass is 79.9. The van der Waals surface area contributed by atoms with Gasteiger partial charge in [-0.15, -0.1) is 0 Å². The van der Waals surface area contributed by atoms with Gasteiger partial charge < -0.3 is 4.90 Å². The summed E-state index contributed by atoms with van der Waals surface area (Å²) in [4.78, 5) is 6.18. The summed E-state index contributed by atoms with van der Waals surface area (Å²) < 4.78 is 24.1. The van der Waals surface area contributed by atoms with Gasteiger partial charge in [-0.25, -0.2) is 13.4 Å². The van der Waals surface area contributed by atoms with Gasteiger partial charge in [0.2, 0.25) is 0 Å². The van der Waals surface area contributed by atoms with E-state index in [1.807, 2.05) is 17.0 Å². The van der Waals surface area contributed by atoms with Gasteiger partial charge in [0, 0.05) is 29.5 Å². The lowest BCUT2D eigenvalue weighted by Gasteiger charge is -2.39. The van der Waals surface area contributed by atoms with Crippen molar-refractivity contribution in [2.75, 3.05) is 23.7 Å². The van der Waals surface area contributed by atoms with Crippen molar-refractivity contribution in [1.29, 1.82) is 0 Å². The number of hydrogen-bond acceptors (Lipinski definition) is 4. The molecule has 0 aromatic carbocycles. The van der Waals surface area contributed by atoms with Crippen LogP contribution >= 0.6 is 15.9 Å². The van der Waals surface area contributed by atoms with Crippen LogP contribution in [0.4, 0.5) is 5.82 Å². The molecule has 1 aliphatic rings. The number of hydrogen-bond donors (Lipinski definition) is 0. The van der Waals surface area contributed by atoms with Crippen molar-refractivity contribution < 1.29 is 8.42 Å². The van der Waals surface area contributed by atoms with Gasteiger partial charge in [-0.2, -0.15) is 0 Å². The van der Waals surface area contributed by atoms with Gasteiger partial charge >= 0.3 is 0 Å². The number of anilines is 1. The predicted octanol–water partition coefficient (Wildman–Crippen LogP) is 1.47. The molecule has 0 atom stereocenters. The van der Waals surface area contributed by atoms with Crippen LogP contribution < -0.4 is 4.90 Å². The van der Waals surface area contributed by atoms with Crippen LogP contribution in [0.3, 0.4) is 0 Å². The molecule has 0 radical (unpaired) electrons. The zero-order chi connectivity index (χ0) is 11.8. The molecule has 0 bridgehead atoms. The Morgan fingerprint density at radius 3 is 2.81 bits per heavy atom. The lowest BCUT2D eigenvalue weighted by molar-refractivity contribution is 0.540. The second-order valence-corrected chi connectivity index (χ2v) is 7.30. The zero-order valence-corrected chi connectivity index (χ0v) is 11.3. The Hall–Kier alpha value is -0.620. The lowest BCUT2D eigenvalue weighted by Crippen LogP contribution is -2.55. The molecule has 0 N–H and O–H groups in total. The maximum atomic E-state index is 11.6. The Kier molecular flexibility index (Phi) is 3.21. The fraction of sp³-hybridized carbons (Fsp3) is 0.500. The van der Waals surface area contributed by atoms with E-state index in [-0.39, 0.29) is 11.0 Å².